The maximum Gasteiger partial charge on any atom is 0.243 e. The molecule has 2 fully saturated rings. The fourth-order valence-corrected chi connectivity index (χ4v) is 5.05. The molecular formula is C15H22N2O2S2. The highest BCUT2D eigenvalue weighted by Gasteiger charge is 2.25. The zero-order chi connectivity index (χ0) is 14.7. The molecule has 21 heavy (non-hydrogen) atoms. The minimum absolute atomic E-state index is 0.424. The Hall–Kier alpha value is -0.560. The van der Waals surface area contributed by atoms with Crippen LogP contribution in [0.5, 0.6) is 0 Å². The van der Waals surface area contributed by atoms with Crippen molar-refractivity contribution in [3.63, 3.8) is 0 Å². The fraction of sp³-hybridized carbons (Fsp3) is 0.600. The van der Waals surface area contributed by atoms with Crippen molar-refractivity contribution in [1.82, 2.24) is 9.62 Å². The van der Waals surface area contributed by atoms with E-state index >= 15 is 0 Å². The summed E-state index contributed by atoms with van der Waals surface area (Å²) in [6, 6.07) is 8.12. The zero-order valence-corrected chi connectivity index (χ0v) is 13.8. The van der Waals surface area contributed by atoms with Crippen LogP contribution in [0.25, 0.3) is 0 Å². The van der Waals surface area contributed by atoms with Gasteiger partial charge in [0.1, 0.15) is 0 Å². The number of nitrogens with zero attached hydrogens (tertiary/aromatic N) is 1. The molecular weight excluding hydrogens is 304 g/mol. The molecule has 0 atom stereocenters. The molecule has 0 radical (unpaired) electrons. The number of sulfonamides is 1. The van der Waals surface area contributed by atoms with Gasteiger partial charge in [-0.3, -0.25) is 0 Å². The molecule has 1 saturated heterocycles. The molecule has 1 heterocycles. The molecule has 0 aromatic heterocycles. The fourth-order valence-electron chi connectivity index (χ4n) is 2.47. The van der Waals surface area contributed by atoms with Crippen molar-refractivity contribution in [2.24, 2.45) is 0 Å². The number of hydrogen-bond acceptors (Lipinski definition) is 4. The maximum atomic E-state index is 12.5. The van der Waals surface area contributed by atoms with Crippen LogP contribution in [0, 0.1) is 0 Å². The maximum absolute atomic E-state index is 12.5. The molecule has 1 aliphatic heterocycles. The minimum Gasteiger partial charge on any atom is -0.314 e. The van der Waals surface area contributed by atoms with Gasteiger partial charge >= 0.3 is 0 Å². The molecule has 0 amide bonds. The van der Waals surface area contributed by atoms with Gasteiger partial charge in [0.15, 0.2) is 0 Å². The van der Waals surface area contributed by atoms with Crippen LogP contribution in [0.3, 0.4) is 0 Å². The van der Waals surface area contributed by atoms with E-state index in [1.54, 1.807) is 16.4 Å². The minimum atomic E-state index is -3.30. The van der Waals surface area contributed by atoms with Gasteiger partial charge in [-0.25, -0.2) is 8.42 Å². The van der Waals surface area contributed by atoms with Crippen molar-refractivity contribution < 1.29 is 8.42 Å². The largest absolute Gasteiger partial charge is 0.314 e. The van der Waals surface area contributed by atoms with E-state index in [2.05, 4.69) is 5.32 Å². The van der Waals surface area contributed by atoms with Gasteiger partial charge in [-0.2, -0.15) is 16.1 Å². The summed E-state index contributed by atoms with van der Waals surface area (Å²) < 4.78 is 26.6. The standard InChI is InChI=1S/C15H22N2O2S2/c18-21(19,17-9-11-20-12-10-17)15-5-1-13(2-6-15)7-8-16-14-3-4-14/h1-2,5-6,14,16H,3-4,7-12H2. The number of benzene rings is 1. The van der Waals surface area contributed by atoms with E-state index in [9.17, 15) is 8.42 Å². The van der Waals surface area contributed by atoms with E-state index < -0.39 is 10.0 Å². The van der Waals surface area contributed by atoms with E-state index in [0.717, 1.165) is 30.5 Å². The summed E-state index contributed by atoms with van der Waals surface area (Å²) >= 11 is 1.82. The Kier molecular flexibility index (Phi) is 4.88. The summed E-state index contributed by atoms with van der Waals surface area (Å²) in [4.78, 5) is 0.424. The lowest BCUT2D eigenvalue weighted by Gasteiger charge is -2.25. The lowest BCUT2D eigenvalue weighted by atomic mass is 10.1. The Morgan fingerprint density at radius 2 is 1.81 bits per heavy atom. The first-order chi connectivity index (χ1) is 10.2. The molecule has 1 aliphatic carbocycles. The first kappa shape index (κ1) is 15.3. The third-order valence-electron chi connectivity index (χ3n) is 3.96. The lowest BCUT2D eigenvalue weighted by Crippen LogP contribution is -2.37. The molecule has 3 rings (SSSR count). The van der Waals surface area contributed by atoms with Crippen LogP contribution in [0.1, 0.15) is 18.4 Å². The van der Waals surface area contributed by atoms with Gasteiger partial charge in [-0.1, -0.05) is 12.1 Å². The Labute approximate surface area is 131 Å². The quantitative estimate of drug-likeness (QED) is 0.865. The van der Waals surface area contributed by atoms with E-state index in [1.807, 2.05) is 23.9 Å². The van der Waals surface area contributed by atoms with Crippen LogP contribution in [0.2, 0.25) is 0 Å². The van der Waals surface area contributed by atoms with Gasteiger partial charge in [0.2, 0.25) is 10.0 Å². The van der Waals surface area contributed by atoms with E-state index in [1.165, 1.54) is 18.4 Å². The summed E-state index contributed by atoms with van der Waals surface area (Å²) in [6.45, 7) is 2.22. The molecule has 1 aromatic rings. The predicted molar refractivity (Wildman–Crippen MR) is 87.3 cm³/mol. The molecule has 4 nitrogen and oxygen atoms in total. The van der Waals surface area contributed by atoms with E-state index in [0.29, 0.717) is 18.0 Å². The Morgan fingerprint density at radius 1 is 1.14 bits per heavy atom. The van der Waals surface area contributed by atoms with Crippen LogP contribution < -0.4 is 5.32 Å². The molecule has 1 saturated carbocycles. The average Bonchev–Trinajstić information content (AvgIpc) is 3.33. The third kappa shape index (κ3) is 4.00. The van der Waals surface area contributed by atoms with Crippen molar-refractivity contribution in [3.8, 4) is 0 Å². The van der Waals surface area contributed by atoms with Gasteiger partial charge in [-0.15, -0.1) is 0 Å². The second-order valence-corrected chi connectivity index (χ2v) is 8.80. The molecule has 0 unspecified atom stereocenters. The first-order valence-electron chi connectivity index (χ1n) is 7.56. The van der Waals surface area contributed by atoms with Crippen molar-refractivity contribution in [3.05, 3.63) is 29.8 Å². The van der Waals surface area contributed by atoms with Gasteiger partial charge < -0.3 is 5.32 Å². The monoisotopic (exact) mass is 326 g/mol. The molecule has 0 bridgehead atoms. The van der Waals surface area contributed by atoms with Crippen molar-refractivity contribution in [2.45, 2.75) is 30.2 Å². The van der Waals surface area contributed by atoms with Crippen LogP contribution in [0.15, 0.2) is 29.2 Å². The molecule has 0 spiro atoms. The highest BCUT2D eigenvalue weighted by molar-refractivity contribution is 7.99. The topological polar surface area (TPSA) is 49.4 Å². The summed E-state index contributed by atoms with van der Waals surface area (Å²) in [5.74, 6) is 1.79. The summed E-state index contributed by atoms with van der Waals surface area (Å²) in [5.41, 5.74) is 1.19. The first-order valence-corrected chi connectivity index (χ1v) is 10.2. The Morgan fingerprint density at radius 3 is 2.43 bits per heavy atom. The highest BCUT2D eigenvalue weighted by Crippen LogP contribution is 2.21. The van der Waals surface area contributed by atoms with Crippen LogP contribution in [0.4, 0.5) is 0 Å². The predicted octanol–water partition coefficient (Wildman–Crippen LogP) is 1.72. The highest BCUT2D eigenvalue weighted by atomic mass is 32.2. The number of rotatable bonds is 6. The number of hydrogen-bond donors (Lipinski definition) is 1. The molecule has 116 valence electrons. The second kappa shape index (κ2) is 6.69. The lowest BCUT2D eigenvalue weighted by molar-refractivity contribution is 0.443. The van der Waals surface area contributed by atoms with Crippen molar-refractivity contribution in [1.29, 1.82) is 0 Å². The number of nitrogens with one attached hydrogen (secondary N) is 1. The van der Waals surface area contributed by atoms with Crippen molar-refractivity contribution in [2.75, 3.05) is 31.1 Å². The van der Waals surface area contributed by atoms with Gasteiger partial charge in [0.25, 0.3) is 0 Å². The van der Waals surface area contributed by atoms with Crippen LogP contribution >= 0.6 is 11.8 Å². The van der Waals surface area contributed by atoms with E-state index in [-0.39, 0.29) is 0 Å². The number of thioether (sulfide) groups is 1. The molecule has 1 aromatic carbocycles. The van der Waals surface area contributed by atoms with Gasteiger partial charge in [0.05, 0.1) is 4.90 Å². The third-order valence-corrected chi connectivity index (χ3v) is 6.81. The zero-order valence-electron chi connectivity index (χ0n) is 12.1. The molecule has 2 aliphatic rings. The van der Waals surface area contributed by atoms with Gasteiger partial charge in [-0.05, 0) is 43.5 Å². The van der Waals surface area contributed by atoms with E-state index in [4.69, 9.17) is 0 Å². The average molecular weight is 326 g/mol. The van der Waals surface area contributed by atoms with Gasteiger partial charge in [0, 0.05) is 30.6 Å². The molecule has 1 N–H and O–H groups in total. The van der Waals surface area contributed by atoms with Crippen molar-refractivity contribution >= 4 is 21.8 Å². The van der Waals surface area contributed by atoms with Crippen LogP contribution in [-0.2, 0) is 16.4 Å². The van der Waals surface area contributed by atoms with Crippen LogP contribution in [-0.4, -0.2) is 49.9 Å². The Balaban J connectivity index is 1.61. The summed E-state index contributed by atoms with van der Waals surface area (Å²) in [6.07, 6.45) is 3.55. The summed E-state index contributed by atoms with van der Waals surface area (Å²) in [5, 5.41) is 3.47. The molecule has 6 heteroatoms. The normalized spacial score (nSPS) is 20.6. The smallest absolute Gasteiger partial charge is 0.243 e. The summed E-state index contributed by atoms with van der Waals surface area (Å²) in [7, 11) is -3.30. The SMILES string of the molecule is O=S(=O)(c1ccc(CCNC2CC2)cc1)N1CCSCC1. The second-order valence-electron chi connectivity index (χ2n) is 5.64. The Bertz CT molecular complexity index is 562.